The maximum Gasteiger partial charge on any atom is 0.338 e. The molecule has 0 spiro atoms. The van der Waals surface area contributed by atoms with E-state index in [2.05, 4.69) is 19.2 Å². The monoisotopic (exact) mass is 350 g/mol. The van der Waals surface area contributed by atoms with E-state index in [1.807, 2.05) is 31.2 Å². The van der Waals surface area contributed by atoms with Gasteiger partial charge < -0.3 is 10.1 Å². The molecule has 0 aromatic heterocycles. The summed E-state index contributed by atoms with van der Waals surface area (Å²) in [6, 6.07) is 14.0. The van der Waals surface area contributed by atoms with Crippen molar-refractivity contribution < 1.29 is 14.3 Å². The van der Waals surface area contributed by atoms with Gasteiger partial charge in [0.1, 0.15) is 0 Å². The first-order valence-corrected chi connectivity index (χ1v) is 8.45. The molecule has 0 aliphatic heterocycles. The fraction of sp³-hybridized carbons (Fsp3) is 0.286. The van der Waals surface area contributed by atoms with Crippen LogP contribution in [-0.2, 0) is 9.53 Å². The number of anilines is 1. The summed E-state index contributed by atoms with van der Waals surface area (Å²) < 4.78 is 5.25. The number of para-hydroxylation sites is 1. The molecule has 5 nitrogen and oxygen atoms in total. The second kappa shape index (κ2) is 8.30. The summed E-state index contributed by atoms with van der Waals surface area (Å²) in [6.45, 7) is 7.55. The van der Waals surface area contributed by atoms with Gasteiger partial charge in [-0.2, -0.15) is 5.26 Å². The van der Waals surface area contributed by atoms with Gasteiger partial charge in [-0.3, -0.25) is 4.79 Å². The lowest BCUT2D eigenvalue weighted by Gasteiger charge is -2.19. The largest absolute Gasteiger partial charge is 0.449 e. The molecule has 2 aromatic rings. The normalized spacial score (nSPS) is 11.5. The number of nitrogens with one attached hydrogen (secondary N) is 1. The highest BCUT2D eigenvalue weighted by atomic mass is 16.5. The minimum absolute atomic E-state index is 0.238. The van der Waals surface area contributed by atoms with Crippen LogP contribution in [0.15, 0.2) is 42.5 Å². The minimum Gasteiger partial charge on any atom is -0.449 e. The fourth-order valence-corrected chi connectivity index (χ4v) is 2.56. The maximum atomic E-state index is 12.5. The van der Waals surface area contributed by atoms with Gasteiger partial charge in [0.2, 0.25) is 0 Å². The number of aryl methyl sites for hydroxylation is 1. The Morgan fingerprint density at radius 1 is 1.12 bits per heavy atom. The molecule has 0 unspecified atom stereocenters. The van der Waals surface area contributed by atoms with Gasteiger partial charge >= 0.3 is 5.97 Å². The van der Waals surface area contributed by atoms with Crippen molar-refractivity contribution in [2.45, 2.75) is 39.7 Å². The molecule has 2 aromatic carbocycles. The van der Waals surface area contributed by atoms with Crippen LogP contribution in [0.2, 0.25) is 0 Å². The average Bonchev–Trinajstić information content (AvgIpc) is 2.62. The zero-order valence-corrected chi connectivity index (χ0v) is 15.4. The molecule has 0 fully saturated rings. The SMILES string of the molecule is Cc1cccc(C(C)C)c1NC(=O)[C@@H](C)OC(=O)c1cccc(C#N)c1. The lowest BCUT2D eigenvalue weighted by molar-refractivity contribution is -0.123. The van der Waals surface area contributed by atoms with Gasteiger partial charge in [-0.15, -0.1) is 0 Å². The van der Waals surface area contributed by atoms with E-state index in [-0.39, 0.29) is 11.5 Å². The van der Waals surface area contributed by atoms with Crippen LogP contribution < -0.4 is 5.32 Å². The molecule has 134 valence electrons. The van der Waals surface area contributed by atoms with E-state index in [1.165, 1.54) is 13.0 Å². The minimum atomic E-state index is -0.965. The highest BCUT2D eigenvalue weighted by molar-refractivity contribution is 5.98. The molecule has 0 saturated carbocycles. The Labute approximate surface area is 153 Å². The number of nitriles is 1. The first kappa shape index (κ1) is 19.2. The highest BCUT2D eigenvalue weighted by Crippen LogP contribution is 2.27. The van der Waals surface area contributed by atoms with Crippen molar-refractivity contribution in [3.05, 3.63) is 64.7 Å². The zero-order chi connectivity index (χ0) is 19.3. The molecular weight excluding hydrogens is 328 g/mol. The second-order valence-electron chi connectivity index (χ2n) is 6.42. The van der Waals surface area contributed by atoms with E-state index >= 15 is 0 Å². The third-order valence-corrected chi connectivity index (χ3v) is 4.06. The molecular formula is C21H22N2O3. The van der Waals surface area contributed by atoms with Crippen LogP contribution in [0.1, 0.15) is 53.7 Å². The van der Waals surface area contributed by atoms with E-state index < -0.39 is 18.0 Å². The molecule has 1 amide bonds. The number of rotatable bonds is 5. The average molecular weight is 350 g/mol. The third kappa shape index (κ3) is 4.48. The molecule has 0 heterocycles. The van der Waals surface area contributed by atoms with Crippen molar-refractivity contribution in [1.82, 2.24) is 0 Å². The molecule has 5 heteroatoms. The van der Waals surface area contributed by atoms with Gasteiger partial charge in [0.05, 0.1) is 17.2 Å². The second-order valence-corrected chi connectivity index (χ2v) is 6.42. The molecule has 26 heavy (non-hydrogen) atoms. The first-order chi connectivity index (χ1) is 12.3. The first-order valence-electron chi connectivity index (χ1n) is 8.45. The Morgan fingerprint density at radius 2 is 1.81 bits per heavy atom. The molecule has 2 rings (SSSR count). The number of ether oxygens (including phenoxy) is 1. The number of hydrogen-bond acceptors (Lipinski definition) is 4. The lowest BCUT2D eigenvalue weighted by Crippen LogP contribution is -2.30. The van der Waals surface area contributed by atoms with Crippen LogP contribution in [0, 0.1) is 18.3 Å². The van der Waals surface area contributed by atoms with E-state index in [4.69, 9.17) is 10.00 Å². The van der Waals surface area contributed by atoms with Crippen molar-refractivity contribution in [1.29, 1.82) is 5.26 Å². The van der Waals surface area contributed by atoms with E-state index in [0.717, 1.165) is 16.8 Å². The van der Waals surface area contributed by atoms with Crippen molar-refractivity contribution >= 4 is 17.6 Å². The van der Waals surface area contributed by atoms with E-state index in [0.29, 0.717) is 5.56 Å². The lowest BCUT2D eigenvalue weighted by atomic mass is 9.98. The van der Waals surface area contributed by atoms with Crippen LogP contribution in [-0.4, -0.2) is 18.0 Å². The van der Waals surface area contributed by atoms with E-state index in [9.17, 15) is 9.59 Å². The quantitative estimate of drug-likeness (QED) is 0.821. The van der Waals surface area contributed by atoms with Crippen LogP contribution >= 0.6 is 0 Å². The van der Waals surface area contributed by atoms with E-state index in [1.54, 1.807) is 18.2 Å². The van der Waals surface area contributed by atoms with Crippen LogP contribution in [0.5, 0.6) is 0 Å². The Kier molecular flexibility index (Phi) is 6.13. The number of hydrogen-bond donors (Lipinski definition) is 1. The molecule has 0 bridgehead atoms. The smallest absolute Gasteiger partial charge is 0.338 e. The molecule has 0 aliphatic rings. The Morgan fingerprint density at radius 3 is 2.46 bits per heavy atom. The molecule has 1 N–H and O–H groups in total. The van der Waals surface area contributed by atoms with Gasteiger partial charge in [0, 0.05) is 5.69 Å². The summed E-state index contributed by atoms with van der Waals surface area (Å²) in [5.41, 5.74) is 3.32. The number of benzene rings is 2. The van der Waals surface area contributed by atoms with Crippen LogP contribution in [0.4, 0.5) is 5.69 Å². The number of amides is 1. The third-order valence-electron chi connectivity index (χ3n) is 4.06. The van der Waals surface area contributed by atoms with Crippen molar-refractivity contribution in [2.75, 3.05) is 5.32 Å². The predicted octanol–water partition coefficient (Wildman–Crippen LogP) is 4.17. The maximum absolute atomic E-state index is 12.5. The van der Waals surface area contributed by atoms with Crippen molar-refractivity contribution in [3.63, 3.8) is 0 Å². The standard InChI is InChI=1S/C21H22N2O3/c1-13(2)18-10-5-7-14(3)19(18)23-20(24)15(4)26-21(25)17-9-6-8-16(11-17)12-22/h5-11,13,15H,1-4H3,(H,23,24)/t15-/m1/s1. The number of nitrogens with zero attached hydrogens (tertiary/aromatic N) is 1. The summed E-state index contributed by atoms with van der Waals surface area (Å²) in [5, 5.41) is 11.8. The summed E-state index contributed by atoms with van der Waals surface area (Å²) in [5.74, 6) is -0.790. The topological polar surface area (TPSA) is 79.2 Å². The Bertz CT molecular complexity index is 866. The molecule has 0 radical (unpaired) electrons. The molecule has 1 atom stereocenters. The van der Waals surface area contributed by atoms with Gasteiger partial charge in [0.25, 0.3) is 5.91 Å². The van der Waals surface area contributed by atoms with Crippen LogP contribution in [0.25, 0.3) is 0 Å². The van der Waals surface area contributed by atoms with Gasteiger partial charge in [-0.25, -0.2) is 4.79 Å². The van der Waals surface area contributed by atoms with Gasteiger partial charge in [-0.1, -0.05) is 38.1 Å². The van der Waals surface area contributed by atoms with Gasteiger partial charge in [-0.05, 0) is 49.1 Å². The molecule has 0 aliphatic carbocycles. The fourth-order valence-electron chi connectivity index (χ4n) is 2.56. The highest BCUT2D eigenvalue weighted by Gasteiger charge is 2.21. The number of esters is 1. The number of carbonyl (C=O) groups excluding carboxylic acids is 2. The Hall–Kier alpha value is -3.13. The van der Waals surface area contributed by atoms with Gasteiger partial charge in [0.15, 0.2) is 6.10 Å². The number of carbonyl (C=O) groups is 2. The van der Waals surface area contributed by atoms with Crippen LogP contribution in [0.3, 0.4) is 0 Å². The Balaban J connectivity index is 2.11. The summed E-state index contributed by atoms with van der Waals surface area (Å²) >= 11 is 0. The van der Waals surface area contributed by atoms with Crippen molar-refractivity contribution in [3.8, 4) is 6.07 Å². The van der Waals surface area contributed by atoms with Crippen molar-refractivity contribution in [2.24, 2.45) is 0 Å². The summed E-state index contributed by atoms with van der Waals surface area (Å²) in [7, 11) is 0. The predicted molar refractivity (Wildman–Crippen MR) is 99.9 cm³/mol. The summed E-state index contributed by atoms with van der Waals surface area (Å²) in [6.07, 6.45) is -0.965. The summed E-state index contributed by atoms with van der Waals surface area (Å²) in [4.78, 5) is 24.7. The zero-order valence-electron chi connectivity index (χ0n) is 15.4. The molecule has 0 saturated heterocycles.